The minimum Gasteiger partial charge on any atom is -0.462 e. The van der Waals surface area contributed by atoms with Crippen LogP contribution in [0.4, 0.5) is 0 Å². The second-order valence-electron chi connectivity index (χ2n) is 19.2. The number of esters is 2. The largest absolute Gasteiger partial charge is 0.462 e. The molecule has 368 valence electrons. The normalized spacial score (nSPS) is 12.1. The van der Waals surface area contributed by atoms with Crippen molar-refractivity contribution in [2.24, 2.45) is 0 Å². The Bertz CT molecular complexity index is 902. The van der Waals surface area contributed by atoms with Crippen LogP contribution in [0.3, 0.4) is 0 Å². The Hall–Kier alpha value is -1.36. The summed E-state index contributed by atoms with van der Waals surface area (Å²) >= 11 is 0. The van der Waals surface area contributed by atoms with E-state index in [9.17, 15) is 9.59 Å². The molecule has 5 nitrogen and oxygen atoms in total. The quantitative estimate of drug-likeness (QED) is 0.0346. The van der Waals surface area contributed by atoms with Crippen molar-refractivity contribution in [2.45, 2.75) is 322 Å². The molecule has 0 unspecified atom stereocenters. The monoisotopic (exact) mass is 875 g/mol. The van der Waals surface area contributed by atoms with Gasteiger partial charge in [-0.1, -0.05) is 270 Å². The predicted octanol–water partition coefficient (Wildman–Crippen LogP) is 19.0. The molecule has 5 heteroatoms. The average Bonchev–Trinajstić information content (AvgIpc) is 3.27. The summed E-state index contributed by atoms with van der Waals surface area (Å²) in [5.41, 5.74) is 0. The third kappa shape index (κ3) is 51.3. The molecule has 1 atom stereocenters. The van der Waals surface area contributed by atoms with Crippen molar-refractivity contribution in [3.05, 3.63) is 12.2 Å². The van der Waals surface area contributed by atoms with Crippen LogP contribution in [0.5, 0.6) is 0 Å². The van der Waals surface area contributed by atoms with Crippen molar-refractivity contribution < 1.29 is 23.8 Å². The lowest BCUT2D eigenvalue weighted by Crippen LogP contribution is -2.30. The Morgan fingerprint density at radius 3 is 0.984 bits per heavy atom. The smallest absolute Gasteiger partial charge is 0.306 e. The highest BCUT2D eigenvalue weighted by Gasteiger charge is 2.17. The molecule has 0 saturated heterocycles. The molecule has 0 N–H and O–H groups in total. The van der Waals surface area contributed by atoms with Crippen molar-refractivity contribution in [2.75, 3.05) is 19.8 Å². The number of hydrogen-bond donors (Lipinski definition) is 0. The molecule has 0 aliphatic heterocycles. The number of ether oxygens (including phenoxy) is 3. The summed E-state index contributed by atoms with van der Waals surface area (Å²) in [7, 11) is 0. The first-order valence-electron chi connectivity index (χ1n) is 28.2. The highest BCUT2D eigenvalue weighted by atomic mass is 16.6. The van der Waals surface area contributed by atoms with Crippen LogP contribution < -0.4 is 0 Å². The first-order valence-corrected chi connectivity index (χ1v) is 28.2. The van der Waals surface area contributed by atoms with Crippen LogP contribution >= 0.6 is 0 Å². The van der Waals surface area contributed by atoms with Crippen LogP contribution in [0, 0.1) is 0 Å². The number of unbranched alkanes of at least 4 members (excludes halogenated alkanes) is 40. The molecule has 0 aromatic heterocycles. The van der Waals surface area contributed by atoms with Crippen molar-refractivity contribution in [3.63, 3.8) is 0 Å². The molecule has 0 amide bonds. The highest BCUT2D eigenvalue weighted by molar-refractivity contribution is 5.70. The maximum Gasteiger partial charge on any atom is 0.306 e. The fourth-order valence-corrected chi connectivity index (χ4v) is 8.57. The van der Waals surface area contributed by atoms with Gasteiger partial charge in [-0.3, -0.25) is 9.59 Å². The summed E-state index contributed by atoms with van der Waals surface area (Å²) in [5, 5.41) is 0. The van der Waals surface area contributed by atoms with Gasteiger partial charge in [0.05, 0.1) is 6.61 Å². The molecule has 0 bridgehead atoms. The number of carbonyl (C=O) groups excluding carboxylic acids is 2. The Labute approximate surface area is 388 Å². The lowest BCUT2D eigenvalue weighted by Gasteiger charge is -2.18. The zero-order valence-corrected chi connectivity index (χ0v) is 42.4. The zero-order valence-electron chi connectivity index (χ0n) is 42.4. The van der Waals surface area contributed by atoms with E-state index in [4.69, 9.17) is 14.2 Å². The van der Waals surface area contributed by atoms with Crippen LogP contribution in [0.25, 0.3) is 0 Å². The van der Waals surface area contributed by atoms with Crippen molar-refractivity contribution >= 4 is 11.9 Å². The van der Waals surface area contributed by atoms with Crippen LogP contribution in [-0.4, -0.2) is 37.9 Å². The summed E-state index contributed by atoms with van der Waals surface area (Å²) in [5.74, 6) is -0.382. The Kier molecular flexibility index (Phi) is 52.8. The minimum absolute atomic E-state index is 0.0919. The Morgan fingerprint density at radius 1 is 0.339 bits per heavy atom. The predicted molar refractivity (Wildman–Crippen MR) is 270 cm³/mol. The van der Waals surface area contributed by atoms with Gasteiger partial charge < -0.3 is 14.2 Å². The van der Waals surface area contributed by atoms with E-state index < -0.39 is 6.10 Å². The molecule has 0 rings (SSSR count). The first-order chi connectivity index (χ1) is 30.6. The molecule has 0 heterocycles. The third-order valence-electron chi connectivity index (χ3n) is 12.8. The zero-order chi connectivity index (χ0) is 44.9. The van der Waals surface area contributed by atoms with Crippen LogP contribution in [0.1, 0.15) is 316 Å². The van der Waals surface area contributed by atoms with E-state index in [1.165, 1.54) is 238 Å². The van der Waals surface area contributed by atoms with Gasteiger partial charge in [-0.15, -0.1) is 0 Å². The fraction of sp³-hybridized carbons (Fsp3) is 0.930. The number of hydrogen-bond acceptors (Lipinski definition) is 5. The Balaban J connectivity index is 4.21. The van der Waals surface area contributed by atoms with E-state index in [2.05, 4.69) is 32.9 Å². The van der Waals surface area contributed by atoms with E-state index in [0.717, 1.165) is 44.9 Å². The lowest BCUT2D eigenvalue weighted by molar-refractivity contribution is -0.163. The van der Waals surface area contributed by atoms with Crippen LogP contribution in [-0.2, 0) is 23.8 Å². The average molecular weight is 876 g/mol. The first kappa shape index (κ1) is 60.6. The molecule has 0 radical (unpaired) electrons. The SMILES string of the molecule is CCCCCCCC/C=C\CCCCCCCC(=O)O[C@H](COCCCCCCCCCCCCCCCCCC)COC(=O)CCCCCCCCCCCCCCCCC. The van der Waals surface area contributed by atoms with Gasteiger partial charge >= 0.3 is 11.9 Å². The van der Waals surface area contributed by atoms with Gasteiger partial charge in [0, 0.05) is 19.4 Å². The van der Waals surface area contributed by atoms with Crippen molar-refractivity contribution in [3.8, 4) is 0 Å². The maximum absolute atomic E-state index is 12.8. The summed E-state index contributed by atoms with van der Waals surface area (Å²) in [6, 6.07) is 0. The minimum atomic E-state index is -0.531. The van der Waals surface area contributed by atoms with E-state index in [1.807, 2.05) is 0 Å². The highest BCUT2D eigenvalue weighted by Crippen LogP contribution is 2.17. The van der Waals surface area contributed by atoms with Gasteiger partial charge in [0.15, 0.2) is 6.10 Å². The van der Waals surface area contributed by atoms with Crippen molar-refractivity contribution in [1.29, 1.82) is 0 Å². The molecule has 0 aromatic rings. The topological polar surface area (TPSA) is 61.8 Å². The van der Waals surface area contributed by atoms with E-state index in [1.54, 1.807) is 0 Å². The Morgan fingerprint density at radius 2 is 0.629 bits per heavy atom. The number of carbonyl (C=O) groups is 2. The molecule has 0 aliphatic rings. The van der Waals surface area contributed by atoms with Crippen LogP contribution in [0.15, 0.2) is 12.2 Å². The number of allylic oxidation sites excluding steroid dienone is 2. The second kappa shape index (κ2) is 54.0. The van der Waals surface area contributed by atoms with E-state index in [-0.39, 0.29) is 18.5 Å². The molecule has 0 spiro atoms. The second-order valence-corrected chi connectivity index (χ2v) is 19.2. The van der Waals surface area contributed by atoms with Gasteiger partial charge in [0.25, 0.3) is 0 Å². The molecular weight excluding hydrogens is 765 g/mol. The summed E-state index contributed by atoms with van der Waals surface area (Å²) in [6.45, 7) is 7.89. The third-order valence-corrected chi connectivity index (χ3v) is 12.8. The summed E-state index contributed by atoms with van der Waals surface area (Å²) in [6.07, 6.45) is 62.2. The molecular formula is C57H110O5. The molecule has 0 fully saturated rings. The molecule has 0 aliphatic carbocycles. The van der Waals surface area contributed by atoms with Gasteiger partial charge in [-0.05, 0) is 44.9 Å². The van der Waals surface area contributed by atoms with Crippen molar-refractivity contribution in [1.82, 2.24) is 0 Å². The van der Waals surface area contributed by atoms with E-state index in [0.29, 0.717) is 26.1 Å². The summed E-state index contributed by atoms with van der Waals surface area (Å²) < 4.78 is 17.5. The molecule has 0 aromatic carbocycles. The van der Waals surface area contributed by atoms with Gasteiger partial charge in [0.2, 0.25) is 0 Å². The van der Waals surface area contributed by atoms with E-state index >= 15 is 0 Å². The maximum atomic E-state index is 12.8. The van der Waals surface area contributed by atoms with Gasteiger partial charge in [0.1, 0.15) is 6.61 Å². The molecule has 62 heavy (non-hydrogen) atoms. The lowest BCUT2D eigenvalue weighted by atomic mass is 10.0. The standard InChI is InChI=1S/C57H110O5/c1-4-7-10-13-16-19-22-25-28-31-34-37-40-43-46-49-52-60-53-55(62-57(59)51-48-45-42-39-36-33-30-27-24-21-18-15-12-9-6-3)54-61-56(58)50-47-44-41-38-35-32-29-26-23-20-17-14-11-8-5-2/h27,30,55H,4-26,28-29,31-54H2,1-3H3/b30-27-/t55-/m1/s1. The molecule has 0 saturated carbocycles. The number of rotatable bonds is 53. The van der Waals surface area contributed by atoms with Gasteiger partial charge in [-0.25, -0.2) is 0 Å². The fourth-order valence-electron chi connectivity index (χ4n) is 8.57. The summed E-state index contributed by atoms with van der Waals surface area (Å²) in [4.78, 5) is 25.5. The van der Waals surface area contributed by atoms with Gasteiger partial charge in [-0.2, -0.15) is 0 Å². The van der Waals surface area contributed by atoms with Crippen LogP contribution in [0.2, 0.25) is 0 Å².